The number of hydrogen-bond donors (Lipinski definition) is 12. The molecule has 17 heteroatoms. The number of ether oxygens (including phenoxy) is 5. The second-order valence-corrected chi connectivity index (χ2v) is 10.0. The van der Waals surface area contributed by atoms with Gasteiger partial charge in [0.2, 0.25) is 0 Å². The van der Waals surface area contributed by atoms with E-state index in [9.17, 15) is 46.0 Å². The summed E-state index contributed by atoms with van der Waals surface area (Å²) in [6.07, 6.45) is -17.6. The molecule has 0 aromatic heterocycles. The van der Waals surface area contributed by atoms with E-state index in [1.165, 1.54) is 0 Å². The van der Waals surface area contributed by atoms with E-state index in [4.69, 9.17) is 35.2 Å². The fourth-order valence-corrected chi connectivity index (χ4v) is 4.91. The van der Waals surface area contributed by atoms with Gasteiger partial charge < -0.3 is 81.1 Å². The maximum Gasteiger partial charge on any atom is 0.176 e. The average Bonchev–Trinajstić information content (AvgIpc) is 2.92. The van der Waals surface area contributed by atoms with E-state index >= 15 is 0 Å². The highest BCUT2D eigenvalue weighted by molar-refractivity contribution is 4.99. The van der Waals surface area contributed by atoms with Gasteiger partial charge in [-0.1, -0.05) is 13.3 Å². The van der Waals surface area contributed by atoms with Gasteiger partial charge in [-0.05, 0) is 6.42 Å². The Hall–Kier alpha value is -0.680. The van der Waals surface area contributed by atoms with Crippen molar-refractivity contribution in [1.29, 1.82) is 0 Å². The molecule has 3 aliphatic rings. The molecule has 39 heavy (non-hydrogen) atoms. The van der Waals surface area contributed by atoms with Crippen LogP contribution in [0.4, 0.5) is 0 Å². The molecule has 0 saturated carbocycles. The summed E-state index contributed by atoms with van der Waals surface area (Å²) in [6.45, 7) is -0.263. The number of hydrogen-bond acceptors (Lipinski definition) is 17. The minimum Gasteiger partial charge on any atom is -0.394 e. The van der Waals surface area contributed by atoms with E-state index < -0.39 is 118 Å². The molecular formula is C22H43N3O14. The van der Waals surface area contributed by atoms with Gasteiger partial charge in [0, 0.05) is 0 Å². The quantitative estimate of drug-likeness (QED) is 0.102. The largest absolute Gasteiger partial charge is 0.394 e. The average molecular weight is 574 g/mol. The fraction of sp³-hybridized carbons (Fsp3) is 1.00. The minimum atomic E-state index is -1.60. The van der Waals surface area contributed by atoms with Crippen LogP contribution in [-0.4, -0.2) is 164 Å². The Morgan fingerprint density at radius 1 is 0.718 bits per heavy atom. The number of aliphatic hydroxyl groups is 9. The van der Waals surface area contributed by atoms with E-state index in [0.29, 0.717) is 6.42 Å². The van der Waals surface area contributed by atoms with Crippen LogP contribution >= 0.6 is 0 Å². The first-order valence-corrected chi connectivity index (χ1v) is 12.9. The molecule has 0 aromatic rings. The van der Waals surface area contributed by atoms with Crippen molar-refractivity contribution in [2.45, 2.75) is 118 Å². The molecule has 3 saturated heterocycles. The Labute approximate surface area is 224 Å². The number of nitrogens with two attached hydrogens (primary N) is 2. The number of aliphatic hydroxyl groups excluding tert-OH is 9. The Bertz CT molecular complexity index is 740. The summed E-state index contributed by atoms with van der Waals surface area (Å²) in [5.74, 6) is 0. The SMILES string of the molecule is CCCC(O)N[C@H]1[C@H](OC2[C@@H](CO)O[C@@H](O)[C@H](N)[C@H]2O)O[C@H](CO)C(O[C@@H]2O[C@H](CO)[C@@H](O)[C@H](O)[C@H]2N)[C@@H]1O. The first kappa shape index (κ1) is 32.8. The highest BCUT2D eigenvalue weighted by Gasteiger charge is 2.53. The molecule has 0 amide bonds. The minimum absolute atomic E-state index is 0.259. The highest BCUT2D eigenvalue weighted by Crippen LogP contribution is 2.32. The van der Waals surface area contributed by atoms with Gasteiger partial charge in [-0.3, -0.25) is 5.32 Å². The van der Waals surface area contributed by atoms with Crippen molar-refractivity contribution in [2.24, 2.45) is 11.5 Å². The Morgan fingerprint density at radius 3 is 1.85 bits per heavy atom. The van der Waals surface area contributed by atoms with Crippen molar-refractivity contribution in [3.63, 3.8) is 0 Å². The third kappa shape index (κ3) is 7.22. The van der Waals surface area contributed by atoms with Crippen LogP contribution in [0.3, 0.4) is 0 Å². The Morgan fingerprint density at radius 2 is 1.26 bits per heavy atom. The molecule has 0 radical (unpaired) electrons. The van der Waals surface area contributed by atoms with E-state index in [0.717, 1.165) is 0 Å². The smallest absolute Gasteiger partial charge is 0.176 e. The molecule has 17 nitrogen and oxygen atoms in total. The summed E-state index contributed by atoms with van der Waals surface area (Å²) in [6, 6.07) is -3.90. The van der Waals surface area contributed by atoms with Crippen LogP contribution in [0.5, 0.6) is 0 Å². The zero-order chi connectivity index (χ0) is 29.0. The summed E-state index contributed by atoms with van der Waals surface area (Å²) < 4.78 is 28.2. The molecule has 3 rings (SSSR count). The first-order valence-electron chi connectivity index (χ1n) is 12.9. The van der Waals surface area contributed by atoms with Gasteiger partial charge in [0.15, 0.2) is 18.9 Å². The molecular weight excluding hydrogens is 530 g/mol. The van der Waals surface area contributed by atoms with Crippen LogP contribution in [-0.2, 0) is 23.7 Å². The third-order valence-corrected chi connectivity index (χ3v) is 7.23. The summed E-state index contributed by atoms with van der Waals surface area (Å²) in [5.41, 5.74) is 11.7. The van der Waals surface area contributed by atoms with Gasteiger partial charge in [0.25, 0.3) is 0 Å². The zero-order valence-corrected chi connectivity index (χ0v) is 21.5. The molecule has 230 valence electrons. The van der Waals surface area contributed by atoms with Gasteiger partial charge in [0.1, 0.15) is 61.2 Å². The Balaban J connectivity index is 1.85. The van der Waals surface area contributed by atoms with Crippen LogP contribution in [0.25, 0.3) is 0 Å². The second-order valence-electron chi connectivity index (χ2n) is 10.0. The summed E-state index contributed by atoms with van der Waals surface area (Å²) >= 11 is 0. The molecule has 0 aromatic carbocycles. The third-order valence-electron chi connectivity index (χ3n) is 7.23. The van der Waals surface area contributed by atoms with Gasteiger partial charge in [-0.25, -0.2) is 0 Å². The maximum absolute atomic E-state index is 11.4. The molecule has 0 bridgehead atoms. The van der Waals surface area contributed by atoms with Crippen molar-refractivity contribution < 1.29 is 69.6 Å². The Kier molecular flexibility index (Phi) is 12.2. The summed E-state index contributed by atoms with van der Waals surface area (Å²) in [7, 11) is 0. The van der Waals surface area contributed by atoms with Crippen molar-refractivity contribution in [3.05, 3.63) is 0 Å². The lowest BCUT2D eigenvalue weighted by Crippen LogP contribution is -2.70. The number of nitrogens with one attached hydrogen (secondary N) is 1. The van der Waals surface area contributed by atoms with Crippen LogP contribution in [0.1, 0.15) is 19.8 Å². The maximum atomic E-state index is 11.4. The lowest BCUT2D eigenvalue weighted by Gasteiger charge is -2.49. The van der Waals surface area contributed by atoms with Gasteiger partial charge >= 0.3 is 0 Å². The number of rotatable bonds is 11. The van der Waals surface area contributed by atoms with Gasteiger partial charge in [-0.2, -0.15) is 0 Å². The molecule has 14 N–H and O–H groups in total. The lowest BCUT2D eigenvalue weighted by molar-refractivity contribution is -0.351. The lowest BCUT2D eigenvalue weighted by atomic mass is 9.94. The van der Waals surface area contributed by atoms with Crippen LogP contribution in [0, 0.1) is 0 Å². The van der Waals surface area contributed by atoms with E-state index in [1.807, 2.05) is 6.92 Å². The van der Waals surface area contributed by atoms with Crippen LogP contribution in [0.15, 0.2) is 0 Å². The van der Waals surface area contributed by atoms with Gasteiger partial charge in [-0.15, -0.1) is 0 Å². The highest BCUT2D eigenvalue weighted by atomic mass is 16.7. The molecule has 3 aliphatic heterocycles. The molecule has 0 aliphatic carbocycles. The summed E-state index contributed by atoms with van der Waals surface area (Å²) in [4.78, 5) is 0. The predicted molar refractivity (Wildman–Crippen MR) is 127 cm³/mol. The standard InChI is InChI=1S/C22H43N3O14/c1-2-3-10(29)25-13-17(33)19(38-21-12(24)15(31)14(30)7(4-26)36-21)9(6-28)37-22(13)39-18-8(5-27)35-20(34)11(23)16(18)32/h7-22,25-34H,2-6,23-24H2,1H3/t7-,8-,9-,10?,11-,12-,13-,14-,15-,16-,17-,18?,19?,20-,21+,22+/m1/s1. The molecule has 16 atom stereocenters. The normalized spacial score (nSPS) is 48.2. The molecule has 0 spiro atoms. The van der Waals surface area contributed by atoms with Crippen LogP contribution in [0.2, 0.25) is 0 Å². The second kappa shape index (κ2) is 14.5. The monoisotopic (exact) mass is 573 g/mol. The molecule has 3 unspecified atom stereocenters. The van der Waals surface area contributed by atoms with Crippen molar-refractivity contribution in [2.75, 3.05) is 19.8 Å². The van der Waals surface area contributed by atoms with Gasteiger partial charge in [0.05, 0.1) is 37.9 Å². The zero-order valence-electron chi connectivity index (χ0n) is 21.5. The fourth-order valence-electron chi connectivity index (χ4n) is 4.91. The topological polar surface area (TPSA) is 292 Å². The van der Waals surface area contributed by atoms with E-state index in [-0.39, 0.29) is 6.42 Å². The van der Waals surface area contributed by atoms with E-state index in [1.54, 1.807) is 0 Å². The molecule has 3 heterocycles. The van der Waals surface area contributed by atoms with Crippen molar-refractivity contribution >= 4 is 0 Å². The summed E-state index contributed by atoms with van der Waals surface area (Å²) in [5, 5.41) is 94.7. The molecule has 3 fully saturated rings. The predicted octanol–water partition coefficient (Wildman–Crippen LogP) is -6.92. The van der Waals surface area contributed by atoms with Crippen LogP contribution < -0.4 is 16.8 Å². The first-order chi connectivity index (χ1) is 18.5. The van der Waals surface area contributed by atoms with Crippen molar-refractivity contribution in [1.82, 2.24) is 5.32 Å². The van der Waals surface area contributed by atoms with Crippen molar-refractivity contribution in [3.8, 4) is 0 Å². The van der Waals surface area contributed by atoms with E-state index in [2.05, 4.69) is 5.32 Å².